The first-order valence-electron chi connectivity index (χ1n) is 12.9. The zero-order chi connectivity index (χ0) is 28.9. The average molecular weight is 567 g/mol. The number of pyridine rings is 2. The van der Waals surface area contributed by atoms with E-state index in [4.69, 9.17) is 0 Å². The molecule has 4 heterocycles. The lowest BCUT2D eigenvalue weighted by Gasteiger charge is -2.35. The molecule has 0 atom stereocenters. The van der Waals surface area contributed by atoms with Gasteiger partial charge in [-0.2, -0.15) is 0 Å². The molecule has 0 aromatic carbocycles. The van der Waals surface area contributed by atoms with Crippen LogP contribution in [0.4, 0.5) is 21.4 Å². The summed E-state index contributed by atoms with van der Waals surface area (Å²) < 4.78 is 0. The van der Waals surface area contributed by atoms with E-state index in [2.05, 4.69) is 30.5 Å². The number of thiazole rings is 1. The second-order valence-electron chi connectivity index (χ2n) is 10.4. The Morgan fingerprint density at radius 1 is 1.07 bits per heavy atom. The third-order valence-electron chi connectivity index (χ3n) is 6.52. The highest BCUT2D eigenvalue weighted by Gasteiger charge is 2.25. The smallest absolute Gasteiger partial charge is 0.407 e. The van der Waals surface area contributed by atoms with Crippen LogP contribution in [0.1, 0.15) is 38.1 Å². The molecule has 1 fully saturated rings. The third-order valence-corrected chi connectivity index (χ3v) is 7.48. The Bertz CT molecular complexity index is 1360. The van der Waals surface area contributed by atoms with Gasteiger partial charge in [-0.25, -0.2) is 14.8 Å². The Balaban J connectivity index is 1.37. The highest BCUT2D eigenvalue weighted by molar-refractivity contribution is 7.18. The van der Waals surface area contributed by atoms with Gasteiger partial charge >= 0.3 is 6.09 Å². The van der Waals surface area contributed by atoms with Gasteiger partial charge in [-0.05, 0) is 32.9 Å². The fourth-order valence-electron chi connectivity index (χ4n) is 4.34. The van der Waals surface area contributed by atoms with Gasteiger partial charge in [-0.3, -0.25) is 14.6 Å². The van der Waals surface area contributed by atoms with Crippen LogP contribution < -0.4 is 15.5 Å². The fourth-order valence-corrected chi connectivity index (χ4v) is 5.14. The molecule has 1 aliphatic rings. The summed E-state index contributed by atoms with van der Waals surface area (Å²) in [6, 6.07) is 5.65. The van der Waals surface area contributed by atoms with Crippen LogP contribution in [0.25, 0.3) is 10.4 Å². The highest BCUT2D eigenvalue weighted by atomic mass is 32.1. The van der Waals surface area contributed by atoms with Crippen LogP contribution in [0.5, 0.6) is 0 Å². The Morgan fingerprint density at radius 2 is 1.82 bits per heavy atom. The molecule has 3 aromatic rings. The van der Waals surface area contributed by atoms with Crippen LogP contribution >= 0.6 is 11.3 Å². The first-order valence-corrected chi connectivity index (χ1v) is 13.8. The minimum Gasteiger partial charge on any atom is -0.465 e. The van der Waals surface area contributed by atoms with Gasteiger partial charge in [0.25, 0.3) is 5.91 Å². The number of rotatable bonds is 8. The van der Waals surface area contributed by atoms with E-state index in [1.165, 1.54) is 22.4 Å². The van der Waals surface area contributed by atoms with Gasteiger partial charge in [0.1, 0.15) is 5.82 Å². The molecular weight excluding hydrogens is 532 g/mol. The molecule has 13 heteroatoms. The van der Waals surface area contributed by atoms with Crippen molar-refractivity contribution < 1.29 is 19.5 Å². The van der Waals surface area contributed by atoms with Crippen LogP contribution in [0, 0.1) is 0 Å². The molecule has 212 valence electrons. The minimum absolute atomic E-state index is 0.0980. The number of nitrogens with zero attached hydrogens (tertiary/aromatic N) is 6. The monoisotopic (exact) mass is 566 g/mol. The maximum atomic E-state index is 12.7. The van der Waals surface area contributed by atoms with E-state index in [-0.39, 0.29) is 24.9 Å². The standard InChI is InChI=1S/C27H34N8O4S/c1-18(36)33-9-11-34(12-10-33)21-5-6-29-23(14-21)32-25-31-17-22(40-25)19-13-20(16-28-15-19)24(37)30-7-8-35(26(38)39)27(2,3)4/h5-6,13-17H,7-12H2,1-4H3,(H,30,37)(H,38,39)(H,29,31,32). The number of piperazine rings is 1. The van der Waals surface area contributed by atoms with E-state index >= 15 is 0 Å². The first kappa shape index (κ1) is 28.7. The van der Waals surface area contributed by atoms with Crippen molar-refractivity contribution in [2.24, 2.45) is 0 Å². The molecule has 0 radical (unpaired) electrons. The lowest BCUT2D eigenvalue weighted by atomic mass is 10.1. The first-order chi connectivity index (χ1) is 19.0. The number of carbonyl (C=O) groups excluding carboxylic acids is 2. The predicted molar refractivity (Wildman–Crippen MR) is 154 cm³/mol. The van der Waals surface area contributed by atoms with Gasteiger partial charge in [0.2, 0.25) is 5.91 Å². The molecule has 1 saturated heterocycles. The third kappa shape index (κ3) is 7.23. The molecule has 1 aliphatic heterocycles. The van der Waals surface area contributed by atoms with Crippen molar-refractivity contribution in [2.75, 3.05) is 49.5 Å². The largest absolute Gasteiger partial charge is 0.465 e. The quantitative estimate of drug-likeness (QED) is 0.373. The van der Waals surface area contributed by atoms with Gasteiger partial charge in [0.05, 0.1) is 10.4 Å². The van der Waals surface area contributed by atoms with Crippen LogP contribution in [-0.2, 0) is 4.79 Å². The van der Waals surface area contributed by atoms with E-state index in [1.807, 2.05) is 17.0 Å². The fraction of sp³-hybridized carbons (Fsp3) is 0.407. The maximum absolute atomic E-state index is 12.7. The molecular formula is C27H34N8O4S. The number of aromatic nitrogens is 3. The summed E-state index contributed by atoms with van der Waals surface area (Å²) >= 11 is 1.41. The summed E-state index contributed by atoms with van der Waals surface area (Å²) in [6.07, 6.45) is 5.56. The van der Waals surface area contributed by atoms with Crippen LogP contribution in [0.3, 0.4) is 0 Å². The second kappa shape index (κ2) is 12.3. The van der Waals surface area contributed by atoms with Crippen molar-refractivity contribution in [1.29, 1.82) is 0 Å². The van der Waals surface area contributed by atoms with Crippen LogP contribution in [0.15, 0.2) is 43.0 Å². The summed E-state index contributed by atoms with van der Waals surface area (Å²) in [5.74, 6) is 0.423. The molecule has 3 N–H and O–H groups in total. The van der Waals surface area contributed by atoms with Crippen molar-refractivity contribution in [3.05, 3.63) is 48.5 Å². The van der Waals surface area contributed by atoms with Crippen LogP contribution in [-0.4, -0.2) is 92.6 Å². The number of anilines is 3. The maximum Gasteiger partial charge on any atom is 0.407 e. The zero-order valence-corrected chi connectivity index (χ0v) is 23.9. The molecule has 0 unspecified atom stereocenters. The summed E-state index contributed by atoms with van der Waals surface area (Å²) in [5, 5.41) is 16.1. The van der Waals surface area contributed by atoms with E-state index in [0.29, 0.717) is 29.6 Å². The van der Waals surface area contributed by atoms with Crippen molar-refractivity contribution in [3.8, 4) is 10.4 Å². The zero-order valence-electron chi connectivity index (χ0n) is 23.0. The molecule has 0 bridgehead atoms. The number of hydrogen-bond acceptors (Lipinski definition) is 9. The van der Waals surface area contributed by atoms with Crippen molar-refractivity contribution in [2.45, 2.75) is 33.2 Å². The van der Waals surface area contributed by atoms with Crippen molar-refractivity contribution >= 4 is 45.9 Å². The molecule has 12 nitrogen and oxygen atoms in total. The normalized spacial score (nSPS) is 13.6. The van der Waals surface area contributed by atoms with Gasteiger partial charge in [-0.15, -0.1) is 0 Å². The van der Waals surface area contributed by atoms with E-state index in [0.717, 1.165) is 29.2 Å². The minimum atomic E-state index is -1.03. The summed E-state index contributed by atoms with van der Waals surface area (Å²) in [5.41, 5.74) is 1.57. The number of carbonyl (C=O) groups is 3. The summed E-state index contributed by atoms with van der Waals surface area (Å²) in [7, 11) is 0. The number of amides is 3. The Kier molecular flexibility index (Phi) is 8.83. The molecule has 0 saturated carbocycles. The SMILES string of the molecule is CC(=O)N1CCN(c2ccnc(Nc3ncc(-c4cncc(C(=O)NCCN(C(=O)O)C(C)(C)C)c4)s3)c2)CC1. The van der Waals surface area contributed by atoms with E-state index < -0.39 is 11.6 Å². The molecule has 0 aliphatic carbocycles. The molecule has 3 amide bonds. The van der Waals surface area contributed by atoms with E-state index in [1.54, 1.807) is 52.4 Å². The van der Waals surface area contributed by atoms with Gasteiger partial charge in [-0.1, -0.05) is 11.3 Å². The number of hydrogen-bond donors (Lipinski definition) is 3. The predicted octanol–water partition coefficient (Wildman–Crippen LogP) is 3.52. The lowest BCUT2D eigenvalue weighted by Crippen LogP contribution is -2.48. The molecule has 3 aromatic heterocycles. The summed E-state index contributed by atoms with van der Waals surface area (Å²) in [6.45, 7) is 10.3. The Hall–Kier alpha value is -4.26. The topological polar surface area (TPSA) is 144 Å². The Labute approximate surface area is 237 Å². The van der Waals surface area contributed by atoms with Crippen molar-refractivity contribution in [3.63, 3.8) is 0 Å². The molecule has 4 rings (SSSR count). The molecule has 40 heavy (non-hydrogen) atoms. The van der Waals surface area contributed by atoms with Gasteiger partial charge in [0, 0.05) is 93.8 Å². The highest BCUT2D eigenvalue weighted by Crippen LogP contribution is 2.31. The van der Waals surface area contributed by atoms with Crippen molar-refractivity contribution in [1.82, 2.24) is 30.1 Å². The number of carboxylic acid groups (broad SMARTS) is 1. The number of nitrogens with one attached hydrogen (secondary N) is 2. The Morgan fingerprint density at radius 3 is 2.50 bits per heavy atom. The van der Waals surface area contributed by atoms with E-state index in [9.17, 15) is 19.5 Å². The van der Waals surface area contributed by atoms with Gasteiger partial charge in [0.15, 0.2) is 5.13 Å². The average Bonchev–Trinajstić information content (AvgIpc) is 3.39. The van der Waals surface area contributed by atoms with Gasteiger partial charge < -0.3 is 30.4 Å². The lowest BCUT2D eigenvalue weighted by molar-refractivity contribution is -0.129. The summed E-state index contributed by atoms with van der Waals surface area (Å²) in [4.78, 5) is 55.1. The van der Waals surface area contributed by atoms with Crippen LogP contribution in [0.2, 0.25) is 0 Å². The second-order valence-corrected chi connectivity index (χ2v) is 11.4. The molecule has 0 spiro atoms.